The zero-order valence-electron chi connectivity index (χ0n) is 14.7. The predicted octanol–water partition coefficient (Wildman–Crippen LogP) is 0.151. The van der Waals surface area contributed by atoms with Crippen LogP contribution in [0.2, 0.25) is 0 Å². The van der Waals surface area contributed by atoms with Crippen LogP contribution in [0.4, 0.5) is 0 Å². The van der Waals surface area contributed by atoms with Crippen molar-refractivity contribution in [1.82, 2.24) is 10.2 Å². The molecule has 2 fully saturated rings. The number of rotatable bonds is 2. The molecular weight excluding hydrogens is 390 g/mol. The fraction of sp³-hybridized carbons (Fsp3) is 0.529. The van der Waals surface area contributed by atoms with Gasteiger partial charge in [-0.3, -0.25) is 4.79 Å². The Morgan fingerprint density at radius 3 is 2.44 bits per heavy atom. The number of fused-ring (bicyclic) bond motifs is 1. The summed E-state index contributed by atoms with van der Waals surface area (Å²) in [4.78, 5) is 14.6. The Kier molecular flexibility index (Phi) is 4.50. The highest BCUT2D eigenvalue weighted by molar-refractivity contribution is 7.91. The number of carbonyl (C=O) groups is 1. The highest BCUT2D eigenvalue weighted by Gasteiger charge is 2.35. The Morgan fingerprint density at radius 1 is 1.07 bits per heavy atom. The molecule has 4 rings (SSSR count). The van der Waals surface area contributed by atoms with Crippen LogP contribution < -0.4 is 5.32 Å². The van der Waals surface area contributed by atoms with Crippen LogP contribution in [0, 0.1) is 5.92 Å². The molecule has 1 aromatic rings. The number of likely N-dealkylation sites (tertiary alicyclic amines) is 1. The number of nitrogens with one attached hydrogen (secondary N) is 1. The van der Waals surface area contributed by atoms with Crippen molar-refractivity contribution in [2.24, 2.45) is 10.3 Å². The summed E-state index contributed by atoms with van der Waals surface area (Å²) in [6, 6.07) is 6.46. The third kappa shape index (κ3) is 3.60. The summed E-state index contributed by atoms with van der Waals surface area (Å²) in [5, 5.41) is 2.85. The van der Waals surface area contributed by atoms with Gasteiger partial charge in [0.1, 0.15) is 4.90 Å². The molecule has 146 valence electrons. The number of amides is 1. The van der Waals surface area contributed by atoms with Crippen LogP contribution in [0.25, 0.3) is 0 Å². The van der Waals surface area contributed by atoms with Gasteiger partial charge in [0.2, 0.25) is 5.91 Å². The molecular formula is C17H21N3O5S2. The van der Waals surface area contributed by atoms with Crippen molar-refractivity contribution in [3.63, 3.8) is 0 Å². The van der Waals surface area contributed by atoms with Crippen molar-refractivity contribution < 1.29 is 21.6 Å². The predicted molar refractivity (Wildman–Crippen MR) is 99.7 cm³/mol. The average molecular weight is 412 g/mol. The van der Waals surface area contributed by atoms with Crippen molar-refractivity contribution in [1.29, 1.82) is 0 Å². The van der Waals surface area contributed by atoms with Gasteiger partial charge < -0.3 is 10.2 Å². The van der Waals surface area contributed by atoms with E-state index in [1.54, 1.807) is 24.3 Å². The topological polar surface area (TPSA) is 113 Å². The molecule has 2 saturated heterocycles. The van der Waals surface area contributed by atoms with E-state index in [2.05, 4.69) is 9.71 Å². The van der Waals surface area contributed by atoms with Gasteiger partial charge in [-0.15, -0.1) is 4.40 Å². The number of piperidine rings is 1. The molecule has 1 atom stereocenters. The minimum Gasteiger partial charge on any atom is -0.355 e. The first kappa shape index (κ1) is 18.4. The third-order valence-electron chi connectivity index (χ3n) is 5.36. The first-order chi connectivity index (χ1) is 12.8. The zero-order chi connectivity index (χ0) is 19.2. The monoisotopic (exact) mass is 411 g/mol. The Bertz CT molecular complexity index is 1010. The Balaban J connectivity index is 1.39. The van der Waals surface area contributed by atoms with Crippen molar-refractivity contribution in [2.45, 2.75) is 30.2 Å². The summed E-state index contributed by atoms with van der Waals surface area (Å²) in [5.74, 6) is 0.288. The molecule has 3 aliphatic rings. The maximum Gasteiger partial charge on any atom is 0.285 e. The lowest BCUT2D eigenvalue weighted by molar-refractivity contribution is -0.126. The van der Waals surface area contributed by atoms with Crippen LogP contribution >= 0.6 is 0 Å². The molecule has 0 spiro atoms. The van der Waals surface area contributed by atoms with Gasteiger partial charge in [0.15, 0.2) is 15.7 Å². The maximum absolute atomic E-state index is 12.4. The summed E-state index contributed by atoms with van der Waals surface area (Å²) >= 11 is 0. The summed E-state index contributed by atoms with van der Waals surface area (Å²) in [7, 11) is -6.68. The molecule has 0 bridgehead atoms. The van der Waals surface area contributed by atoms with E-state index in [1.807, 2.05) is 4.90 Å². The van der Waals surface area contributed by atoms with Gasteiger partial charge in [-0.1, -0.05) is 12.1 Å². The maximum atomic E-state index is 12.4. The van der Waals surface area contributed by atoms with Gasteiger partial charge in [-0.2, -0.15) is 8.42 Å². The van der Waals surface area contributed by atoms with E-state index in [0.29, 0.717) is 43.8 Å². The lowest BCUT2D eigenvalue weighted by atomic mass is 9.95. The lowest BCUT2D eigenvalue weighted by Crippen LogP contribution is -2.45. The normalized spacial score (nSPS) is 26.4. The average Bonchev–Trinajstić information content (AvgIpc) is 3.11. The van der Waals surface area contributed by atoms with E-state index >= 15 is 0 Å². The minimum absolute atomic E-state index is 0.0169. The number of amidine groups is 1. The SMILES string of the molecule is O=C(N[C@@H]1CCS(=O)(=O)C1)C1CCN(C2=NS(=O)(=O)c3ccccc32)CC1. The zero-order valence-corrected chi connectivity index (χ0v) is 16.3. The van der Waals surface area contributed by atoms with E-state index in [-0.39, 0.29) is 34.3 Å². The molecule has 0 radical (unpaired) electrons. The molecule has 0 aliphatic carbocycles. The second kappa shape index (κ2) is 6.59. The van der Waals surface area contributed by atoms with Crippen LogP contribution in [0.1, 0.15) is 24.8 Å². The summed E-state index contributed by atoms with van der Waals surface area (Å²) in [5.41, 5.74) is 0.608. The Labute approximate surface area is 158 Å². The van der Waals surface area contributed by atoms with Gasteiger partial charge in [0.25, 0.3) is 10.0 Å². The number of carbonyl (C=O) groups excluding carboxylic acids is 1. The van der Waals surface area contributed by atoms with Gasteiger partial charge in [-0.25, -0.2) is 8.42 Å². The first-order valence-electron chi connectivity index (χ1n) is 8.95. The smallest absolute Gasteiger partial charge is 0.285 e. The van der Waals surface area contributed by atoms with Crippen molar-refractivity contribution in [3.8, 4) is 0 Å². The Hall–Kier alpha value is -1.94. The quantitative estimate of drug-likeness (QED) is 0.741. The number of sulfonamides is 1. The van der Waals surface area contributed by atoms with E-state index in [9.17, 15) is 21.6 Å². The second-order valence-electron chi connectivity index (χ2n) is 7.26. The van der Waals surface area contributed by atoms with Crippen molar-refractivity contribution in [2.75, 3.05) is 24.6 Å². The molecule has 0 unspecified atom stereocenters. The molecule has 0 aromatic heterocycles. The van der Waals surface area contributed by atoms with E-state index in [1.165, 1.54) is 0 Å². The standard InChI is InChI=1S/C17H21N3O5S2/c21-17(18-13-7-10-26(22,23)11-13)12-5-8-20(9-6-12)16-14-3-1-2-4-15(14)27(24,25)19-16/h1-4,12-13H,5-11H2,(H,18,21)/t13-/m1/s1. The number of hydrogen-bond donors (Lipinski definition) is 1. The molecule has 0 saturated carbocycles. The first-order valence-corrected chi connectivity index (χ1v) is 12.2. The summed E-state index contributed by atoms with van der Waals surface area (Å²) in [6.45, 7) is 1.06. The molecule has 3 aliphatic heterocycles. The fourth-order valence-corrected chi connectivity index (χ4v) is 6.80. The minimum atomic E-state index is -3.65. The second-order valence-corrected chi connectivity index (χ2v) is 11.1. The van der Waals surface area contributed by atoms with Gasteiger partial charge in [0, 0.05) is 30.6 Å². The molecule has 1 N–H and O–H groups in total. The van der Waals surface area contributed by atoms with Gasteiger partial charge >= 0.3 is 0 Å². The highest BCUT2D eigenvalue weighted by atomic mass is 32.2. The third-order valence-corrected chi connectivity index (χ3v) is 8.45. The van der Waals surface area contributed by atoms with E-state index < -0.39 is 19.9 Å². The molecule has 3 heterocycles. The van der Waals surface area contributed by atoms with Crippen molar-refractivity contribution >= 4 is 31.6 Å². The van der Waals surface area contributed by atoms with Crippen LogP contribution in [-0.4, -0.2) is 64.1 Å². The fourth-order valence-electron chi connectivity index (χ4n) is 3.90. The van der Waals surface area contributed by atoms with Crippen LogP contribution in [-0.2, 0) is 24.7 Å². The number of hydrogen-bond acceptors (Lipinski definition) is 6. The lowest BCUT2D eigenvalue weighted by Gasteiger charge is -2.33. The molecule has 1 aromatic carbocycles. The number of benzene rings is 1. The number of nitrogens with zero attached hydrogens (tertiary/aromatic N) is 2. The highest BCUT2D eigenvalue weighted by Crippen LogP contribution is 2.29. The van der Waals surface area contributed by atoms with Gasteiger partial charge in [-0.05, 0) is 31.4 Å². The van der Waals surface area contributed by atoms with Crippen LogP contribution in [0.3, 0.4) is 0 Å². The number of sulfone groups is 1. The Morgan fingerprint density at radius 2 is 1.78 bits per heavy atom. The summed E-state index contributed by atoms with van der Waals surface area (Å²) < 4.78 is 51.4. The van der Waals surface area contributed by atoms with Crippen LogP contribution in [0.5, 0.6) is 0 Å². The van der Waals surface area contributed by atoms with E-state index in [0.717, 1.165) is 0 Å². The van der Waals surface area contributed by atoms with E-state index in [4.69, 9.17) is 0 Å². The van der Waals surface area contributed by atoms with Gasteiger partial charge in [0.05, 0.1) is 11.5 Å². The molecule has 27 heavy (non-hydrogen) atoms. The van der Waals surface area contributed by atoms with Crippen LogP contribution in [0.15, 0.2) is 33.6 Å². The molecule has 8 nitrogen and oxygen atoms in total. The summed E-state index contributed by atoms with van der Waals surface area (Å²) in [6.07, 6.45) is 1.62. The molecule has 10 heteroatoms. The largest absolute Gasteiger partial charge is 0.355 e. The molecule has 1 amide bonds. The van der Waals surface area contributed by atoms with Crippen molar-refractivity contribution in [3.05, 3.63) is 29.8 Å².